The third kappa shape index (κ3) is 3.63. The third-order valence-corrected chi connectivity index (χ3v) is 4.42. The maximum absolute atomic E-state index is 12.0. The van der Waals surface area contributed by atoms with Crippen LogP contribution in [-0.4, -0.2) is 42.2 Å². The van der Waals surface area contributed by atoms with Crippen LogP contribution in [-0.2, 0) is 10.3 Å². The average Bonchev–Trinajstić information content (AvgIpc) is 3.28. The number of carboxylic acid groups (broad SMARTS) is 1. The zero-order valence-electron chi connectivity index (χ0n) is 13.2. The van der Waals surface area contributed by atoms with Crippen LogP contribution in [0.3, 0.4) is 0 Å². The van der Waals surface area contributed by atoms with Crippen LogP contribution in [0.4, 0.5) is 0 Å². The van der Waals surface area contributed by atoms with Crippen LogP contribution in [0.2, 0.25) is 0 Å². The number of hydrogen-bond donors (Lipinski definition) is 2. The van der Waals surface area contributed by atoms with Gasteiger partial charge in [0.2, 0.25) is 0 Å². The van der Waals surface area contributed by atoms with Gasteiger partial charge in [0.05, 0.1) is 0 Å². The predicted molar refractivity (Wildman–Crippen MR) is 84.2 cm³/mol. The van der Waals surface area contributed by atoms with E-state index < -0.39 is 11.5 Å². The summed E-state index contributed by atoms with van der Waals surface area (Å²) < 4.78 is 0. The first-order chi connectivity index (χ1) is 9.99. The van der Waals surface area contributed by atoms with Crippen LogP contribution < -0.4 is 5.32 Å². The van der Waals surface area contributed by atoms with Gasteiger partial charge >= 0.3 is 5.97 Å². The van der Waals surface area contributed by atoms with Crippen molar-refractivity contribution in [1.29, 1.82) is 0 Å². The van der Waals surface area contributed by atoms with E-state index in [1.54, 1.807) is 7.05 Å². The Hall–Kier alpha value is -1.39. The largest absolute Gasteiger partial charge is 0.480 e. The van der Waals surface area contributed by atoms with E-state index >= 15 is 0 Å². The average molecular weight is 290 g/mol. The minimum atomic E-state index is -1.06. The van der Waals surface area contributed by atoms with Gasteiger partial charge in [0.15, 0.2) is 5.54 Å². The molecule has 1 aromatic carbocycles. The molecule has 0 heterocycles. The van der Waals surface area contributed by atoms with E-state index in [1.165, 1.54) is 12.8 Å². The number of nitrogens with zero attached hydrogens (tertiary/aromatic N) is 1. The normalized spacial score (nSPS) is 18.0. The number of carbonyl (C=O) groups is 1. The van der Waals surface area contributed by atoms with Crippen LogP contribution in [0.1, 0.15) is 32.3 Å². The quantitative estimate of drug-likeness (QED) is 0.771. The summed E-state index contributed by atoms with van der Waals surface area (Å²) in [6, 6.07) is 9.81. The molecule has 0 aromatic heterocycles. The Labute approximate surface area is 127 Å². The summed E-state index contributed by atoms with van der Waals surface area (Å²) in [6.45, 7) is 5.74. The van der Waals surface area contributed by atoms with Crippen molar-refractivity contribution in [3.63, 3.8) is 0 Å². The number of nitrogens with one attached hydrogen (secondary N) is 1. The molecule has 4 heteroatoms. The van der Waals surface area contributed by atoms with Gasteiger partial charge < -0.3 is 10.4 Å². The number of rotatable bonds is 8. The van der Waals surface area contributed by atoms with Crippen LogP contribution >= 0.6 is 0 Å². The fraction of sp³-hybridized carbons (Fsp3) is 0.588. The van der Waals surface area contributed by atoms with Crippen molar-refractivity contribution in [2.24, 2.45) is 5.92 Å². The molecular weight excluding hydrogens is 264 g/mol. The molecule has 0 aliphatic heterocycles. The van der Waals surface area contributed by atoms with Gasteiger partial charge in [0.1, 0.15) is 0 Å². The highest BCUT2D eigenvalue weighted by molar-refractivity contribution is 5.81. The zero-order chi connectivity index (χ0) is 15.5. The Balaban J connectivity index is 2.28. The van der Waals surface area contributed by atoms with Crippen LogP contribution in [0.5, 0.6) is 0 Å². The number of aliphatic carboxylic acids is 1. The summed E-state index contributed by atoms with van der Waals surface area (Å²) >= 11 is 0. The summed E-state index contributed by atoms with van der Waals surface area (Å²) in [4.78, 5) is 14.3. The number of benzene rings is 1. The molecule has 1 aliphatic carbocycles. The number of hydrogen-bond acceptors (Lipinski definition) is 3. The highest BCUT2D eigenvalue weighted by atomic mass is 16.4. The molecule has 0 saturated heterocycles. The highest BCUT2D eigenvalue weighted by Gasteiger charge is 2.41. The van der Waals surface area contributed by atoms with Gasteiger partial charge in [0.25, 0.3) is 0 Å². The zero-order valence-corrected chi connectivity index (χ0v) is 13.2. The fourth-order valence-corrected chi connectivity index (χ4v) is 2.73. The molecule has 1 aliphatic rings. The van der Waals surface area contributed by atoms with Gasteiger partial charge in [-0.25, -0.2) is 4.79 Å². The second-order valence-electron chi connectivity index (χ2n) is 6.29. The van der Waals surface area contributed by atoms with Gasteiger partial charge in [-0.05, 0) is 45.2 Å². The van der Waals surface area contributed by atoms with E-state index in [2.05, 4.69) is 24.1 Å². The number of likely N-dealkylation sites (N-methyl/N-ethyl adjacent to an activating group) is 1. The smallest absolute Gasteiger partial charge is 0.329 e. The molecule has 116 valence electrons. The Morgan fingerprint density at radius 3 is 2.43 bits per heavy atom. The standard InChI is InChI=1S/C17H26N2O2/c1-13(2)19(11-14-9-10-14)12-17(18-3,16(20)21)15-7-5-4-6-8-15/h4-8,13-14,18H,9-12H2,1-3H3,(H,20,21). The summed E-state index contributed by atoms with van der Waals surface area (Å²) in [5.41, 5.74) is -0.248. The Morgan fingerprint density at radius 2 is 2.00 bits per heavy atom. The van der Waals surface area contributed by atoms with Gasteiger partial charge in [0, 0.05) is 19.1 Å². The van der Waals surface area contributed by atoms with Gasteiger partial charge in [-0.15, -0.1) is 0 Å². The summed E-state index contributed by atoms with van der Waals surface area (Å²) in [7, 11) is 1.73. The minimum Gasteiger partial charge on any atom is -0.480 e. The molecule has 1 atom stereocenters. The number of carboxylic acids is 1. The SMILES string of the molecule is CNC(CN(CC1CC1)C(C)C)(C(=O)O)c1ccccc1. The van der Waals surface area contributed by atoms with Gasteiger partial charge in [-0.1, -0.05) is 30.3 Å². The molecule has 4 nitrogen and oxygen atoms in total. The van der Waals surface area contributed by atoms with E-state index in [9.17, 15) is 9.90 Å². The van der Waals surface area contributed by atoms with Gasteiger partial charge in [-0.3, -0.25) is 4.90 Å². The summed E-state index contributed by atoms with van der Waals surface area (Å²) in [5, 5.41) is 12.9. The summed E-state index contributed by atoms with van der Waals surface area (Å²) in [5.74, 6) is -0.0795. The maximum Gasteiger partial charge on any atom is 0.329 e. The topological polar surface area (TPSA) is 52.6 Å². The van der Waals surface area contributed by atoms with Crippen molar-refractivity contribution >= 4 is 5.97 Å². The Kier molecular flexibility index (Phi) is 5.01. The molecule has 1 saturated carbocycles. The van der Waals surface area contributed by atoms with E-state index in [1.807, 2.05) is 30.3 Å². The molecule has 2 rings (SSSR count). The predicted octanol–water partition coefficient (Wildman–Crippen LogP) is 2.31. The maximum atomic E-state index is 12.0. The molecule has 0 amide bonds. The van der Waals surface area contributed by atoms with Crippen molar-refractivity contribution in [1.82, 2.24) is 10.2 Å². The molecule has 2 N–H and O–H groups in total. The highest BCUT2D eigenvalue weighted by Crippen LogP contribution is 2.32. The lowest BCUT2D eigenvalue weighted by molar-refractivity contribution is -0.146. The lowest BCUT2D eigenvalue weighted by Gasteiger charge is -2.37. The third-order valence-electron chi connectivity index (χ3n) is 4.42. The fourth-order valence-electron chi connectivity index (χ4n) is 2.73. The second kappa shape index (κ2) is 6.58. The Morgan fingerprint density at radius 1 is 1.38 bits per heavy atom. The van der Waals surface area contributed by atoms with Gasteiger partial charge in [-0.2, -0.15) is 0 Å². The van der Waals surface area contributed by atoms with Crippen molar-refractivity contribution in [3.05, 3.63) is 35.9 Å². The summed E-state index contributed by atoms with van der Waals surface area (Å²) in [6.07, 6.45) is 2.54. The monoisotopic (exact) mass is 290 g/mol. The van der Waals surface area contributed by atoms with Crippen LogP contribution in [0.25, 0.3) is 0 Å². The minimum absolute atomic E-state index is 0.335. The van der Waals surface area contributed by atoms with Crippen molar-refractivity contribution in [3.8, 4) is 0 Å². The van der Waals surface area contributed by atoms with Crippen LogP contribution in [0.15, 0.2) is 30.3 Å². The van der Waals surface area contributed by atoms with E-state index in [0.717, 1.165) is 18.0 Å². The molecule has 21 heavy (non-hydrogen) atoms. The first-order valence-corrected chi connectivity index (χ1v) is 7.71. The van der Waals surface area contributed by atoms with Crippen molar-refractivity contribution in [2.45, 2.75) is 38.3 Å². The Bertz CT molecular complexity index is 471. The lowest BCUT2D eigenvalue weighted by Crippen LogP contribution is -2.56. The first kappa shape index (κ1) is 16.0. The van der Waals surface area contributed by atoms with E-state index in [0.29, 0.717) is 12.6 Å². The molecule has 1 fully saturated rings. The van der Waals surface area contributed by atoms with Crippen molar-refractivity contribution in [2.75, 3.05) is 20.1 Å². The molecule has 1 aromatic rings. The molecule has 0 bridgehead atoms. The van der Waals surface area contributed by atoms with Crippen molar-refractivity contribution < 1.29 is 9.90 Å². The molecule has 0 spiro atoms. The van der Waals surface area contributed by atoms with Crippen LogP contribution in [0, 0.1) is 5.92 Å². The first-order valence-electron chi connectivity index (χ1n) is 7.71. The van der Waals surface area contributed by atoms with E-state index in [4.69, 9.17) is 0 Å². The molecular formula is C17H26N2O2. The van der Waals surface area contributed by atoms with E-state index in [-0.39, 0.29) is 0 Å². The second-order valence-corrected chi connectivity index (χ2v) is 6.29. The molecule has 1 unspecified atom stereocenters. The molecule has 0 radical (unpaired) electrons. The lowest BCUT2D eigenvalue weighted by atomic mass is 9.88.